The van der Waals surface area contributed by atoms with Gasteiger partial charge in [-0.3, -0.25) is 4.79 Å². The zero-order valence-electron chi connectivity index (χ0n) is 14.1. The summed E-state index contributed by atoms with van der Waals surface area (Å²) in [6.07, 6.45) is 0.218. The van der Waals surface area contributed by atoms with Crippen LogP contribution in [0, 0.1) is 13.8 Å². The first-order valence-corrected chi connectivity index (χ1v) is 7.68. The highest BCUT2D eigenvalue weighted by atomic mass is 16.5. The summed E-state index contributed by atoms with van der Waals surface area (Å²) in [5.74, 6) is 0.169. The van der Waals surface area contributed by atoms with E-state index in [4.69, 9.17) is 4.74 Å². The van der Waals surface area contributed by atoms with Gasteiger partial charge in [-0.25, -0.2) is 4.79 Å². The summed E-state index contributed by atoms with van der Waals surface area (Å²) in [5.41, 5.74) is 3.16. The summed E-state index contributed by atoms with van der Waals surface area (Å²) >= 11 is 0. The van der Waals surface area contributed by atoms with Crippen LogP contribution in [0.3, 0.4) is 0 Å². The fourth-order valence-electron chi connectivity index (χ4n) is 2.20. The van der Waals surface area contributed by atoms with Crippen molar-refractivity contribution in [2.45, 2.75) is 20.3 Å². The number of benzene rings is 2. The maximum absolute atomic E-state index is 12.0. The van der Waals surface area contributed by atoms with Crippen molar-refractivity contribution in [1.29, 1.82) is 0 Å². The van der Waals surface area contributed by atoms with Crippen LogP contribution in [-0.2, 0) is 9.53 Å². The number of hydrogen-bond acceptors (Lipinski definition) is 4. The molecular weight excluding hydrogens is 306 g/mol. The Labute approximate surface area is 141 Å². The van der Waals surface area contributed by atoms with E-state index in [1.165, 1.54) is 7.11 Å². The van der Waals surface area contributed by atoms with E-state index in [0.29, 0.717) is 11.3 Å². The normalized spacial score (nSPS) is 10.1. The van der Waals surface area contributed by atoms with E-state index in [9.17, 15) is 9.59 Å². The van der Waals surface area contributed by atoms with Crippen molar-refractivity contribution in [3.8, 4) is 5.75 Å². The Morgan fingerprint density at radius 1 is 1.08 bits per heavy atom. The summed E-state index contributed by atoms with van der Waals surface area (Å²) in [6.45, 7) is 4.29. The standard InChI is InChI=1S/C19H21NO4/c1-13-6-4-9-17(14(13)2)24-11-10-18(21)20-16-8-5-7-15(12-16)19(22)23-3/h4-9,12H,10-11H2,1-3H3,(H,20,21). The fraction of sp³-hybridized carbons (Fsp3) is 0.263. The summed E-state index contributed by atoms with van der Waals surface area (Å²) in [4.78, 5) is 23.5. The van der Waals surface area contributed by atoms with E-state index in [1.807, 2.05) is 32.0 Å². The van der Waals surface area contributed by atoms with Gasteiger partial charge in [-0.2, -0.15) is 0 Å². The SMILES string of the molecule is COC(=O)c1cccc(NC(=O)CCOc2cccc(C)c2C)c1. The second kappa shape index (κ2) is 8.15. The summed E-state index contributed by atoms with van der Waals surface area (Å²) < 4.78 is 10.3. The quantitative estimate of drug-likeness (QED) is 0.825. The lowest BCUT2D eigenvalue weighted by Crippen LogP contribution is -2.15. The van der Waals surface area contributed by atoms with Crippen LogP contribution in [0.25, 0.3) is 0 Å². The second-order valence-electron chi connectivity index (χ2n) is 5.42. The van der Waals surface area contributed by atoms with Crippen molar-refractivity contribution < 1.29 is 19.1 Å². The van der Waals surface area contributed by atoms with E-state index >= 15 is 0 Å². The molecule has 2 rings (SSSR count). The molecule has 0 bridgehead atoms. The summed E-state index contributed by atoms with van der Waals surface area (Å²) in [6, 6.07) is 12.4. The van der Waals surface area contributed by atoms with Crippen LogP contribution in [0.4, 0.5) is 5.69 Å². The number of ether oxygens (including phenoxy) is 2. The van der Waals surface area contributed by atoms with Crippen molar-refractivity contribution in [1.82, 2.24) is 0 Å². The second-order valence-corrected chi connectivity index (χ2v) is 5.42. The minimum absolute atomic E-state index is 0.178. The van der Waals surface area contributed by atoms with E-state index in [-0.39, 0.29) is 18.9 Å². The first-order valence-electron chi connectivity index (χ1n) is 7.68. The Morgan fingerprint density at radius 3 is 2.58 bits per heavy atom. The summed E-state index contributed by atoms with van der Waals surface area (Å²) in [7, 11) is 1.32. The average molecular weight is 327 g/mol. The third-order valence-electron chi connectivity index (χ3n) is 3.71. The van der Waals surface area contributed by atoms with Crippen molar-refractivity contribution in [2.24, 2.45) is 0 Å². The van der Waals surface area contributed by atoms with E-state index in [2.05, 4.69) is 10.1 Å². The molecular formula is C19H21NO4. The zero-order chi connectivity index (χ0) is 17.5. The van der Waals surface area contributed by atoms with Gasteiger partial charge in [-0.1, -0.05) is 18.2 Å². The van der Waals surface area contributed by atoms with Gasteiger partial charge >= 0.3 is 5.97 Å². The van der Waals surface area contributed by atoms with Crippen LogP contribution in [0.2, 0.25) is 0 Å². The van der Waals surface area contributed by atoms with Crippen LogP contribution in [0.15, 0.2) is 42.5 Å². The molecule has 0 radical (unpaired) electrons. The molecule has 5 heteroatoms. The molecule has 0 aliphatic heterocycles. The monoisotopic (exact) mass is 327 g/mol. The predicted molar refractivity (Wildman–Crippen MR) is 92.4 cm³/mol. The van der Waals surface area contributed by atoms with Crippen molar-refractivity contribution in [3.05, 3.63) is 59.2 Å². The van der Waals surface area contributed by atoms with Gasteiger partial charge in [-0.15, -0.1) is 0 Å². The Kier molecular flexibility index (Phi) is 5.95. The Morgan fingerprint density at radius 2 is 1.83 bits per heavy atom. The molecule has 1 N–H and O–H groups in total. The Hall–Kier alpha value is -2.82. The molecule has 0 atom stereocenters. The molecule has 0 aromatic heterocycles. The van der Waals surface area contributed by atoms with Crippen LogP contribution in [-0.4, -0.2) is 25.6 Å². The van der Waals surface area contributed by atoms with Crippen molar-refractivity contribution >= 4 is 17.6 Å². The van der Waals surface area contributed by atoms with Gasteiger partial charge in [0.05, 0.1) is 25.7 Å². The third-order valence-corrected chi connectivity index (χ3v) is 3.71. The van der Waals surface area contributed by atoms with Gasteiger partial charge in [0.15, 0.2) is 0 Å². The van der Waals surface area contributed by atoms with Crippen molar-refractivity contribution in [3.63, 3.8) is 0 Å². The fourth-order valence-corrected chi connectivity index (χ4v) is 2.20. The van der Waals surface area contributed by atoms with Crippen molar-refractivity contribution in [2.75, 3.05) is 19.0 Å². The minimum Gasteiger partial charge on any atom is -0.493 e. The highest BCUT2D eigenvalue weighted by Gasteiger charge is 2.08. The van der Waals surface area contributed by atoms with Gasteiger partial charge < -0.3 is 14.8 Å². The van der Waals surface area contributed by atoms with Crippen LogP contribution < -0.4 is 10.1 Å². The molecule has 5 nitrogen and oxygen atoms in total. The van der Waals surface area contributed by atoms with Crippen LogP contribution in [0.1, 0.15) is 27.9 Å². The smallest absolute Gasteiger partial charge is 0.337 e. The van der Waals surface area contributed by atoms with Gasteiger partial charge in [0, 0.05) is 5.69 Å². The lowest BCUT2D eigenvalue weighted by molar-refractivity contribution is -0.116. The molecule has 2 aromatic rings. The average Bonchev–Trinajstić information content (AvgIpc) is 2.58. The number of esters is 1. The topological polar surface area (TPSA) is 64.6 Å². The molecule has 0 unspecified atom stereocenters. The Balaban J connectivity index is 1.87. The number of carbonyl (C=O) groups excluding carboxylic acids is 2. The number of amides is 1. The number of nitrogens with one attached hydrogen (secondary N) is 1. The number of anilines is 1. The lowest BCUT2D eigenvalue weighted by Gasteiger charge is -2.11. The van der Waals surface area contributed by atoms with Gasteiger partial charge in [0.1, 0.15) is 5.75 Å². The van der Waals surface area contributed by atoms with E-state index in [0.717, 1.165) is 16.9 Å². The highest BCUT2D eigenvalue weighted by molar-refractivity contribution is 5.94. The highest BCUT2D eigenvalue weighted by Crippen LogP contribution is 2.20. The van der Waals surface area contributed by atoms with Crippen LogP contribution >= 0.6 is 0 Å². The number of methoxy groups -OCH3 is 1. The Bertz CT molecular complexity index is 740. The number of carbonyl (C=O) groups is 2. The molecule has 0 saturated heterocycles. The molecule has 0 aliphatic rings. The maximum atomic E-state index is 12.0. The number of hydrogen-bond donors (Lipinski definition) is 1. The first kappa shape index (κ1) is 17.5. The summed E-state index contributed by atoms with van der Waals surface area (Å²) in [5, 5.41) is 2.75. The molecule has 2 aromatic carbocycles. The number of aryl methyl sites for hydroxylation is 1. The van der Waals surface area contributed by atoms with Gasteiger partial charge in [0.25, 0.3) is 0 Å². The van der Waals surface area contributed by atoms with E-state index < -0.39 is 5.97 Å². The molecule has 0 heterocycles. The molecule has 0 aliphatic carbocycles. The molecule has 0 spiro atoms. The molecule has 0 saturated carbocycles. The molecule has 1 amide bonds. The largest absolute Gasteiger partial charge is 0.493 e. The maximum Gasteiger partial charge on any atom is 0.337 e. The minimum atomic E-state index is -0.440. The van der Waals surface area contributed by atoms with Gasteiger partial charge in [-0.05, 0) is 49.2 Å². The third kappa shape index (κ3) is 4.59. The molecule has 24 heavy (non-hydrogen) atoms. The molecule has 0 fully saturated rings. The predicted octanol–water partition coefficient (Wildman–Crippen LogP) is 3.50. The van der Waals surface area contributed by atoms with E-state index in [1.54, 1.807) is 24.3 Å². The lowest BCUT2D eigenvalue weighted by atomic mass is 10.1. The number of rotatable bonds is 6. The first-order chi connectivity index (χ1) is 11.5. The molecule has 126 valence electrons. The zero-order valence-corrected chi connectivity index (χ0v) is 14.1. The van der Waals surface area contributed by atoms with Crippen LogP contribution in [0.5, 0.6) is 5.75 Å². The van der Waals surface area contributed by atoms with Gasteiger partial charge in [0.2, 0.25) is 5.91 Å².